The van der Waals surface area contributed by atoms with Gasteiger partial charge in [-0.25, -0.2) is 4.98 Å². The number of benzene rings is 1. The van der Waals surface area contributed by atoms with Crippen LogP contribution in [0.2, 0.25) is 0 Å². The van der Waals surface area contributed by atoms with Crippen LogP contribution < -0.4 is 4.74 Å². The van der Waals surface area contributed by atoms with Crippen molar-refractivity contribution < 1.29 is 4.74 Å². The lowest BCUT2D eigenvalue weighted by atomic mass is 10.2. The van der Waals surface area contributed by atoms with E-state index in [1.54, 1.807) is 42.6 Å². The maximum atomic E-state index is 5.22. The summed E-state index contributed by atoms with van der Waals surface area (Å²) in [7, 11) is 1.67. The highest BCUT2D eigenvalue weighted by Gasteiger charge is 2.14. The number of ether oxygens (including phenoxy) is 1. The SMILES string of the molecule is C=CCn1c(SCc2csc(-c3ccc(OC)cc3)n2)nnc1-c1ccncc1. The minimum absolute atomic E-state index is 0.640. The third-order valence-corrected chi connectivity index (χ3v) is 6.15. The average molecular weight is 422 g/mol. The Kier molecular flexibility index (Phi) is 6.02. The molecule has 6 nitrogen and oxygen atoms in total. The van der Waals surface area contributed by atoms with Gasteiger partial charge in [0.05, 0.1) is 12.8 Å². The number of nitrogens with zero attached hydrogens (tertiary/aromatic N) is 5. The van der Waals surface area contributed by atoms with Crippen LogP contribution in [0.5, 0.6) is 5.75 Å². The molecule has 0 N–H and O–H groups in total. The normalized spacial score (nSPS) is 10.8. The van der Waals surface area contributed by atoms with Gasteiger partial charge in [-0.1, -0.05) is 17.8 Å². The standard InChI is InChI=1S/C21H19N5OS2/c1-3-12-26-19(15-8-10-22-11-9-15)24-25-21(26)29-14-17-13-28-20(23-17)16-4-6-18(27-2)7-5-16/h3-11,13H,1,12,14H2,2H3. The second kappa shape index (κ2) is 9.02. The van der Waals surface area contributed by atoms with Gasteiger partial charge in [0.1, 0.15) is 10.8 Å². The number of thiazole rings is 1. The molecule has 0 aliphatic carbocycles. The van der Waals surface area contributed by atoms with E-state index >= 15 is 0 Å². The molecule has 4 rings (SSSR count). The number of allylic oxidation sites excluding steroid dienone is 1. The lowest BCUT2D eigenvalue weighted by Crippen LogP contribution is -2.00. The van der Waals surface area contributed by atoms with Gasteiger partial charge in [0.2, 0.25) is 0 Å². The number of aromatic nitrogens is 5. The van der Waals surface area contributed by atoms with Crippen LogP contribution in [0, 0.1) is 0 Å². The van der Waals surface area contributed by atoms with Crippen LogP contribution in [-0.4, -0.2) is 31.8 Å². The minimum Gasteiger partial charge on any atom is -0.497 e. The van der Waals surface area contributed by atoms with Crippen molar-refractivity contribution in [1.82, 2.24) is 24.7 Å². The second-order valence-corrected chi connectivity index (χ2v) is 7.90. The Morgan fingerprint density at radius 2 is 1.90 bits per heavy atom. The van der Waals surface area contributed by atoms with Gasteiger partial charge in [0, 0.05) is 41.2 Å². The maximum absolute atomic E-state index is 5.22. The Bertz CT molecular complexity index is 1090. The first-order valence-corrected chi connectivity index (χ1v) is 10.8. The van der Waals surface area contributed by atoms with Gasteiger partial charge in [-0.2, -0.15) is 0 Å². The van der Waals surface area contributed by atoms with E-state index < -0.39 is 0 Å². The zero-order valence-corrected chi connectivity index (χ0v) is 17.5. The number of pyridine rings is 1. The van der Waals surface area contributed by atoms with Crippen molar-refractivity contribution in [3.63, 3.8) is 0 Å². The Balaban J connectivity index is 1.50. The highest BCUT2D eigenvalue weighted by atomic mass is 32.2. The zero-order chi connectivity index (χ0) is 20.1. The lowest BCUT2D eigenvalue weighted by molar-refractivity contribution is 0.415. The molecular weight excluding hydrogens is 402 g/mol. The quantitative estimate of drug-likeness (QED) is 0.296. The van der Waals surface area contributed by atoms with Crippen LogP contribution in [0.3, 0.4) is 0 Å². The van der Waals surface area contributed by atoms with Crippen LogP contribution >= 0.6 is 23.1 Å². The first kappa shape index (κ1) is 19.4. The molecule has 0 saturated carbocycles. The molecule has 3 heterocycles. The van der Waals surface area contributed by atoms with E-state index in [0.29, 0.717) is 6.54 Å². The van der Waals surface area contributed by atoms with Crippen LogP contribution in [-0.2, 0) is 12.3 Å². The summed E-state index contributed by atoms with van der Waals surface area (Å²) in [5, 5.41) is 12.7. The number of hydrogen-bond acceptors (Lipinski definition) is 7. The van der Waals surface area contributed by atoms with Gasteiger partial charge < -0.3 is 4.74 Å². The molecule has 0 fully saturated rings. The van der Waals surface area contributed by atoms with Crippen molar-refractivity contribution in [3.05, 3.63) is 72.5 Å². The Morgan fingerprint density at radius 1 is 1.10 bits per heavy atom. The molecule has 0 aliphatic rings. The largest absolute Gasteiger partial charge is 0.497 e. The summed E-state index contributed by atoms with van der Waals surface area (Å²) in [6, 6.07) is 11.8. The van der Waals surface area contributed by atoms with Crippen molar-refractivity contribution in [2.24, 2.45) is 0 Å². The number of hydrogen-bond donors (Lipinski definition) is 0. The lowest BCUT2D eigenvalue weighted by Gasteiger charge is -2.07. The molecule has 1 aromatic carbocycles. The predicted octanol–water partition coefficient (Wildman–Crippen LogP) is 4.95. The molecule has 8 heteroatoms. The molecular formula is C21H19N5OS2. The van der Waals surface area contributed by atoms with E-state index in [2.05, 4.69) is 31.7 Å². The van der Waals surface area contributed by atoms with E-state index in [4.69, 9.17) is 9.72 Å². The van der Waals surface area contributed by atoms with Crippen LogP contribution in [0.1, 0.15) is 5.69 Å². The van der Waals surface area contributed by atoms with Crippen LogP contribution in [0.4, 0.5) is 0 Å². The van der Waals surface area contributed by atoms with Crippen molar-refractivity contribution in [2.45, 2.75) is 17.5 Å². The van der Waals surface area contributed by atoms with E-state index in [9.17, 15) is 0 Å². The summed E-state index contributed by atoms with van der Waals surface area (Å²) in [6.45, 7) is 4.50. The molecule has 0 saturated heterocycles. The van der Waals surface area contributed by atoms with E-state index in [1.807, 2.05) is 42.5 Å². The first-order valence-electron chi connectivity index (χ1n) is 8.94. The summed E-state index contributed by atoms with van der Waals surface area (Å²) in [5.41, 5.74) is 3.09. The molecule has 0 spiro atoms. The van der Waals surface area contributed by atoms with Gasteiger partial charge >= 0.3 is 0 Å². The monoisotopic (exact) mass is 421 g/mol. The minimum atomic E-state index is 0.640. The Hall–Kier alpha value is -2.97. The highest BCUT2D eigenvalue weighted by Crippen LogP contribution is 2.30. The Labute approximate surface area is 177 Å². The van der Waals surface area contributed by atoms with Gasteiger partial charge in [0.25, 0.3) is 0 Å². The average Bonchev–Trinajstić information content (AvgIpc) is 3.40. The Morgan fingerprint density at radius 3 is 2.62 bits per heavy atom. The van der Waals surface area contributed by atoms with Crippen molar-refractivity contribution in [1.29, 1.82) is 0 Å². The summed E-state index contributed by atoms with van der Waals surface area (Å²) in [5.74, 6) is 2.37. The van der Waals surface area contributed by atoms with Crippen molar-refractivity contribution >= 4 is 23.1 Å². The number of methoxy groups -OCH3 is 1. The predicted molar refractivity (Wildman–Crippen MR) is 117 cm³/mol. The van der Waals surface area contributed by atoms with Crippen molar-refractivity contribution in [3.8, 4) is 27.7 Å². The van der Waals surface area contributed by atoms with Gasteiger partial charge in [0.15, 0.2) is 11.0 Å². The molecule has 0 radical (unpaired) electrons. The van der Waals surface area contributed by atoms with E-state index in [-0.39, 0.29) is 0 Å². The zero-order valence-electron chi connectivity index (χ0n) is 15.9. The van der Waals surface area contributed by atoms with Crippen LogP contribution in [0.25, 0.3) is 22.0 Å². The van der Waals surface area contributed by atoms with Crippen molar-refractivity contribution in [2.75, 3.05) is 7.11 Å². The van der Waals surface area contributed by atoms with E-state index in [1.165, 1.54) is 0 Å². The molecule has 0 aliphatic heterocycles. The number of thioether (sulfide) groups is 1. The third kappa shape index (κ3) is 4.38. The molecule has 146 valence electrons. The molecule has 0 amide bonds. The second-order valence-electron chi connectivity index (χ2n) is 6.10. The van der Waals surface area contributed by atoms with Gasteiger partial charge in [-0.05, 0) is 36.4 Å². The summed E-state index contributed by atoms with van der Waals surface area (Å²) < 4.78 is 7.28. The fraction of sp³-hybridized carbons (Fsp3) is 0.143. The van der Waals surface area contributed by atoms with Crippen LogP contribution in [0.15, 0.2) is 72.0 Å². The third-order valence-electron chi connectivity index (χ3n) is 4.20. The maximum Gasteiger partial charge on any atom is 0.192 e. The summed E-state index contributed by atoms with van der Waals surface area (Å²) in [4.78, 5) is 8.83. The number of rotatable bonds is 8. The molecule has 0 bridgehead atoms. The molecule has 0 atom stereocenters. The topological polar surface area (TPSA) is 65.7 Å². The fourth-order valence-electron chi connectivity index (χ4n) is 2.78. The van der Waals surface area contributed by atoms with Gasteiger partial charge in [-0.3, -0.25) is 9.55 Å². The highest BCUT2D eigenvalue weighted by molar-refractivity contribution is 7.98. The molecule has 3 aromatic heterocycles. The fourth-order valence-corrected chi connectivity index (χ4v) is 4.55. The first-order chi connectivity index (χ1) is 14.3. The smallest absolute Gasteiger partial charge is 0.192 e. The van der Waals surface area contributed by atoms with Gasteiger partial charge in [-0.15, -0.1) is 28.1 Å². The van der Waals surface area contributed by atoms with E-state index in [0.717, 1.165) is 44.3 Å². The molecule has 0 unspecified atom stereocenters. The molecule has 29 heavy (non-hydrogen) atoms. The molecule has 4 aromatic rings. The summed E-state index contributed by atoms with van der Waals surface area (Å²) >= 11 is 3.26. The summed E-state index contributed by atoms with van der Waals surface area (Å²) in [6.07, 6.45) is 5.36.